The Morgan fingerprint density at radius 2 is 1.94 bits per heavy atom. The monoisotopic (exact) mass is 471 g/mol. The predicted molar refractivity (Wildman–Crippen MR) is 139 cm³/mol. The Bertz CT molecular complexity index is 1740. The van der Waals surface area contributed by atoms with Crippen molar-refractivity contribution in [1.29, 1.82) is 5.26 Å². The first-order valence-corrected chi connectivity index (χ1v) is 11.7. The van der Waals surface area contributed by atoms with Gasteiger partial charge >= 0.3 is 0 Å². The standard InChI is InChI=1S/C29H21N5O2/c1-18-13-20-14-19(11-12-26(20)36-18)27-22(17-34(33-27)23-7-3-2-4-8-23)15-21(16-30)28-31-25-10-6-5-9-24(25)29(35)32-28/h2-12,14-15,17-18H,13H2,1H3,(H,31,32,35)/b21-15+. The van der Waals surface area contributed by atoms with E-state index in [1.54, 1.807) is 29.0 Å². The Kier molecular flexibility index (Phi) is 5.20. The fourth-order valence-corrected chi connectivity index (χ4v) is 4.52. The van der Waals surface area contributed by atoms with Crippen molar-refractivity contribution in [2.45, 2.75) is 19.4 Å². The van der Waals surface area contributed by atoms with Crippen LogP contribution in [0.3, 0.4) is 0 Å². The van der Waals surface area contributed by atoms with Crippen molar-refractivity contribution < 1.29 is 4.74 Å². The van der Waals surface area contributed by atoms with Gasteiger partial charge in [0, 0.05) is 23.7 Å². The number of hydrogen-bond acceptors (Lipinski definition) is 5. The third-order valence-electron chi connectivity index (χ3n) is 6.22. The molecule has 7 nitrogen and oxygen atoms in total. The first kappa shape index (κ1) is 21.6. The number of aromatic nitrogens is 4. The van der Waals surface area contributed by atoms with Crippen LogP contribution < -0.4 is 10.3 Å². The SMILES string of the molecule is CC1Cc2cc(-c3nn(-c4ccccc4)cc3/C=C(\C#N)c3nc4ccccc4c(=O)[nH]3)ccc2O1. The number of para-hydroxylation sites is 2. The highest BCUT2D eigenvalue weighted by Gasteiger charge is 2.21. The summed E-state index contributed by atoms with van der Waals surface area (Å²) in [5.74, 6) is 1.11. The molecule has 36 heavy (non-hydrogen) atoms. The van der Waals surface area contributed by atoms with Crippen LogP contribution in [0.25, 0.3) is 39.5 Å². The zero-order valence-electron chi connectivity index (χ0n) is 19.5. The van der Waals surface area contributed by atoms with Gasteiger partial charge in [0.25, 0.3) is 5.56 Å². The zero-order chi connectivity index (χ0) is 24.6. The van der Waals surface area contributed by atoms with E-state index in [2.05, 4.69) is 29.0 Å². The highest BCUT2D eigenvalue weighted by atomic mass is 16.5. The van der Waals surface area contributed by atoms with Crippen molar-refractivity contribution >= 4 is 22.6 Å². The van der Waals surface area contributed by atoms with Crippen LogP contribution >= 0.6 is 0 Å². The molecule has 0 saturated carbocycles. The summed E-state index contributed by atoms with van der Waals surface area (Å²) < 4.78 is 7.66. The Hall–Kier alpha value is -4.96. The number of rotatable bonds is 4. The topological polar surface area (TPSA) is 96.6 Å². The van der Waals surface area contributed by atoms with Crippen LogP contribution in [-0.2, 0) is 6.42 Å². The fraction of sp³-hybridized carbons (Fsp3) is 0.103. The van der Waals surface area contributed by atoms with Crippen molar-refractivity contribution in [3.63, 3.8) is 0 Å². The molecule has 0 fully saturated rings. The minimum absolute atomic E-state index is 0.137. The van der Waals surface area contributed by atoms with E-state index >= 15 is 0 Å². The minimum atomic E-state index is -0.287. The summed E-state index contributed by atoms with van der Waals surface area (Å²) in [6.07, 6.45) is 4.58. The average molecular weight is 472 g/mol. The van der Waals surface area contributed by atoms with Crippen LogP contribution in [0.4, 0.5) is 0 Å². The van der Waals surface area contributed by atoms with Gasteiger partial charge in [0.1, 0.15) is 23.6 Å². The van der Waals surface area contributed by atoms with Crippen molar-refractivity contribution in [3.05, 3.63) is 106 Å². The number of aromatic amines is 1. The molecule has 7 heteroatoms. The minimum Gasteiger partial charge on any atom is -0.490 e. The Balaban J connectivity index is 1.51. The molecule has 3 aromatic carbocycles. The maximum Gasteiger partial charge on any atom is 0.259 e. The second kappa shape index (κ2) is 8.67. The maximum atomic E-state index is 12.6. The van der Waals surface area contributed by atoms with Crippen LogP contribution in [0.1, 0.15) is 23.9 Å². The third kappa shape index (κ3) is 3.85. The quantitative estimate of drug-likeness (QED) is 0.365. The van der Waals surface area contributed by atoms with Crippen molar-refractivity contribution in [1.82, 2.24) is 19.7 Å². The van der Waals surface area contributed by atoms with Gasteiger partial charge < -0.3 is 9.72 Å². The number of nitrogens with one attached hydrogen (secondary N) is 1. The van der Waals surface area contributed by atoms with E-state index in [0.29, 0.717) is 10.9 Å². The molecule has 6 rings (SSSR count). The molecule has 1 aliphatic rings. The van der Waals surface area contributed by atoms with E-state index in [1.807, 2.05) is 54.7 Å². The number of benzene rings is 3. The highest BCUT2D eigenvalue weighted by molar-refractivity contribution is 5.91. The van der Waals surface area contributed by atoms with Gasteiger partial charge in [0.15, 0.2) is 5.82 Å². The lowest BCUT2D eigenvalue weighted by Crippen LogP contribution is -2.11. The van der Waals surface area contributed by atoms with Gasteiger partial charge in [-0.25, -0.2) is 9.67 Å². The summed E-state index contributed by atoms with van der Waals surface area (Å²) in [7, 11) is 0. The van der Waals surface area contributed by atoms with E-state index in [0.717, 1.165) is 40.2 Å². The number of nitrogens with zero attached hydrogens (tertiary/aromatic N) is 4. The molecule has 5 aromatic rings. The summed E-state index contributed by atoms with van der Waals surface area (Å²) >= 11 is 0. The molecular weight excluding hydrogens is 450 g/mol. The molecule has 0 spiro atoms. The Morgan fingerprint density at radius 1 is 1.14 bits per heavy atom. The molecule has 0 radical (unpaired) electrons. The summed E-state index contributed by atoms with van der Waals surface area (Å²) in [6, 6.07) is 25.1. The number of fused-ring (bicyclic) bond motifs is 2. The smallest absolute Gasteiger partial charge is 0.259 e. The molecule has 1 N–H and O–H groups in total. The van der Waals surface area contributed by atoms with E-state index in [9.17, 15) is 10.1 Å². The lowest BCUT2D eigenvalue weighted by Gasteiger charge is -2.05. The van der Waals surface area contributed by atoms with Crippen molar-refractivity contribution in [2.24, 2.45) is 0 Å². The van der Waals surface area contributed by atoms with E-state index < -0.39 is 0 Å². The normalized spacial score (nSPS) is 14.9. The van der Waals surface area contributed by atoms with E-state index in [-0.39, 0.29) is 23.1 Å². The highest BCUT2D eigenvalue weighted by Crippen LogP contribution is 2.34. The average Bonchev–Trinajstić information content (AvgIpc) is 3.49. The second-order valence-corrected chi connectivity index (χ2v) is 8.77. The Morgan fingerprint density at radius 3 is 2.78 bits per heavy atom. The zero-order valence-corrected chi connectivity index (χ0v) is 19.5. The maximum absolute atomic E-state index is 12.6. The molecule has 174 valence electrons. The molecule has 3 heterocycles. The third-order valence-corrected chi connectivity index (χ3v) is 6.22. The Labute approximate surface area is 206 Å². The predicted octanol–water partition coefficient (Wildman–Crippen LogP) is 5.16. The number of hydrogen-bond donors (Lipinski definition) is 1. The molecule has 0 saturated heterocycles. The molecular formula is C29H21N5O2. The van der Waals surface area contributed by atoms with Crippen LogP contribution in [0.2, 0.25) is 0 Å². The molecule has 0 bridgehead atoms. The first-order chi connectivity index (χ1) is 17.6. The lowest BCUT2D eigenvalue weighted by molar-refractivity contribution is 0.254. The largest absolute Gasteiger partial charge is 0.490 e. The van der Waals surface area contributed by atoms with Gasteiger partial charge in [-0.3, -0.25) is 4.79 Å². The van der Waals surface area contributed by atoms with E-state index in [4.69, 9.17) is 9.84 Å². The first-order valence-electron chi connectivity index (χ1n) is 11.7. The molecule has 1 atom stereocenters. The number of allylic oxidation sites excluding steroid dienone is 1. The van der Waals surface area contributed by atoms with Crippen LogP contribution in [0.5, 0.6) is 5.75 Å². The summed E-state index contributed by atoms with van der Waals surface area (Å²) in [5, 5.41) is 15.4. The summed E-state index contributed by atoms with van der Waals surface area (Å²) in [5.41, 5.74) is 4.89. The molecule has 1 unspecified atom stereocenters. The second-order valence-electron chi connectivity index (χ2n) is 8.77. The summed E-state index contributed by atoms with van der Waals surface area (Å²) in [4.78, 5) is 19.9. The van der Waals surface area contributed by atoms with Gasteiger partial charge in [0.2, 0.25) is 0 Å². The van der Waals surface area contributed by atoms with Gasteiger partial charge in [-0.15, -0.1) is 0 Å². The van der Waals surface area contributed by atoms with Crippen molar-refractivity contribution in [2.75, 3.05) is 0 Å². The van der Waals surface area contributed by atoms with Gasteiger partial charge in [-0.05, 0) is 61.0 Å². The number of ether oxygens (including phenoxy) is 1. The number of H-pyrrole nitrogens is 1. The molecule has 2 aromatic heterocycles. The van der Waals surface area contributed by atoms with Crippen molar-refractivity contribution in [3.8, 4) is 28.8 Å². The molecule has 0 amide bonds. The van der Waals surface area contributed by atoms with Crippen LogP contribution in [0, 0.1) is 11.3 Å². The summed E-state index contributed by atoms with van der Waals surface area (Å²) in [6.45, 7) is 2.05. The lowest BCUT2D eigenvalue weighted by atomic mass is 10.0. The van der Waals surface area contributed by atoms with E-state index in [1.165, 1.54) is 0 Å². The molecule has 0 aliphatic carbocycles. The molecule has 1 aliphatic heterocycles. The van der Waals surface area contributed by atoms with Gasteiger partial charge in [0.05, 0.1) is 22.2 Å². The number of nitriles is 1. The van der Waals surface area contributed by atoms with Crippen LogP contribution in [0.15, 0.2) is 83.8 Å². The van der Waals surface area contributed by atoms with Crippen LogP contribution in [-0.4, -0.2) is 25.9 Å². The fourth-order valence-electron chi connectivity index (χ4n) is 4.52. The van der Waals surface area contributed by atoms with Gasteiger partial charge in [-0.1, -0.05) is 30.3 Å². The van der Waals surface area contributed by atoms with Gasteiger partial charge in [-0.2, -0.15) is 10.4 Å².